The molecular formula is C14H19N3O3. The van der Waals surface area contributed by atoms with Gasteiger partial charge in [0.1, 0.15) is 5.75 Å². The molecule has 1 aliphatic heterocycles. The lowest BCUT2D eigenvalue weighted by atomic mass is 10.1. The molecule has 6 nitrogen and oxygen atoms in total. The number of hydrogen-bond acceptors (Lipinski definition) is 5. The third-order valence-electron chi connectivity index (χ3n) is 3.13. The van der Waals surface area contributed by atoms with Crippen LogP contribution in [0.1, 0.15) is 11.1 Å². The Morgan fingerprint density at radius 2 is 2.25 bits per heavy atom. The van der Waals surface area contributed by atoms with Gasteiger partial charge in [0, 0.05) is 18.7 Å². The number of carbonyl (C=O) groups is 1. The lowest BCUT2D eigenvalue weighted by molar-refractivity contribution is -0.123. The van der Waals surface area contributed by atoms with Gasteiger partial charge in [-0.25, -0.2) is 5.43 Å². The van der Waals surface area contributed by atoms with Crippen molar-refractivity contribution in [1.29, 1.82) is 0 Å². The molecule has 6 heteroatoms. The van der Waals surface area contributed by atoms with Crippen LogP contribution in [-0.4, -0.2) is 55.0 Å². The average Bonchev–Trinajstić information content (AvgIpc) is 2.44. The van der Waals surface area contributed by atoms with Gasteiger partial charge in [-0.1, -0.05) is 12.1 Å². The van der Waals surface area contributed by atoms with Gasteiger partial charge in [-0.3, -0.25) is 9.69 Å². The van der Waals surface area contributed by atoms with Gasteiger partial charge in [0.05, 0.1) is 26.0 Å². The summed E-state index contributed by atoms with van der Waals surface area (Å²) in [6.45, 7) is 4.96. The Balaban J connectivity index is 1.83. The predicted molar refractivity (Wildman–Crippen MR) is 75.8 cm³/mol. The van der Waals surface area contributed by atoms with Crippen LogP contribution in [0.3, 0.4) is 0 Å². The van der Waals surface area contributed by atoms with Crippen molar-refractivity contribution in [2.75, 3.05) is 32.8 Å². The number of phenolic OH excluding ortho intramolecular Hbond substituents is 1. The van der Waals surface area contributed by atoms with Crippen LogP contribution in [0, 0.1) is 6.92 Å². The summed E-state index contributed by atoms with van der Waals surface area (Å²) in [7, 11) is 0. The van der Waals surface area contributed by atoms with E-state index in [0.717, 1.165) is 18.7 Å². The van der Waals surface area contributed by atoms with Crippen LogP contribution in [0.15, 0.2) is 23.3 Å². The van der Waals surface area contributed by atoms with E-state index in [1.807, 2.05) is 24.0 Å². The second kappa shape index (κ2) is 7.02. The van der Waals surface area contributed by atoms with Gasteiger partial charge >= 0.3 is 0 Å². The fourth-order valence-corrected chi connectivity index (χ4v) is 1.96. The van der Waals surface area contributed by atoms with Crippen molar-refractivity contribution >= 4 is 12.1 Å². The number of aromatic hydroxyl groups is 1. The number of aryl methyl sites for hydroxylation is 1. The van der Waals surface area contributed by atoms with E-state index in [1.54, 1.807) is 6.07 Å². The molecule has 1 saturated heterocycles. The number of carbonyl (C=O) groups excluding carboxylic acids is 1. The number of amides is 1. The summed E-state index contributed by atoms with van der Waals surface area (Å²) in [5.41, 5.74) is 3.81. The minimum absolute atomic E-state index is 0.171. The molecule has 2 rings (SSSR count). The van der Waals surface area contributed by atoms with Crippen molar-refractivity contribution in [2.45, 2.75) is 6.92 Å². The third-order valence-corrected chi connectivity index (χ3v) is 3.13. The first-order valence-corrected chi connectivity index (χ1v) is 6.57. The highest BCUT2D eigenvalue weighted by atomic mass is 16.5. The molecule has 0 aromatic heterocycles. The van der Waals surface area contributed by atoms with Crippen LogP contribution in [-0.2, 0) is 9.53 Å². The minimum Gasteiger partial charge on any atom is -0.507 e. The number of nitrogens with one attached hydrogen (secondary N) is 1. The zero-order valence-corrected chi connectivity index (χ0v) is 11.5. The van der Waals surface area contributed by atoms with Crippen molar-refractivity contribution in [3.05, 3.63) is 29.3 Å². The third kappa shape index (κ3) is 4.04. The molecule has 1 heterocycles. The van der Waals surface area contributed by atoms with Crippen LogP contribution in [0.25, 0.3) is 0 Å². The summed E-state index contributed by atoms with van der Waals surface area (Å²) in [6, 6.07) is 5.37. The van der Waals surface area contributed by atoms with Crippen molar-refractivity contribution < 1.29 is 14.6 Å². The molecule has 0 aliphatic carbocycles. The lowest BCUT2D eigenvalue weighted by Gasteiger charge is -2.25. The number of phenols is 1. The van der Waals surface area contributed by atoms with Crippen LogP contribution in [0.4, 0.5) is 0 Å². The number of hydrazone groups is 1. The molecule has 20 heavy (non-hydrogen) atoms. The number of nitrogens with zero attached hydrogens (tertiary/aromatic N) is 2. The normalized spacial score (nSPS) is 16.4. The van der Waals surface area contributed by atoms with E-state index in [-0.39, 0.29) is 11.7 Å². The summed E-state index contributed by atoms with van der Waals surface area (Å²) >= 11 is 0. The number of ether oxygens (including phenoxy) is 1. The maximum absolute atomic E-state index is 11.7. The molecule has 1 amide bonds. The molecule has 0 saturated carbocycles. The molecule has 0 unspecified atom stereocenters. The van der Waals surface area contributed by atoms with Crippen LogP contribution >= 0.6 is 0 Å². The quantitative estimate of drug-likeness (QED) is 0.620. The van der Waals surface area contributed by atoms with E-state index in [2.05, 4.69) is 10.5 Å². The first kappa shape index (κ1) is 14.5. The molecule has 1 fully saturated rings. The number of benzene rings is 1. The fraction of sp³-hybridized carbons (Fsp3) is 0.429. The number of rotatable bonds is 4. The first-order valence-electron chi connectivity index (χ1n) is 6.57. The molecule has 1 aromatic rings. The summed E-state index contributed by atoms with van der Waals surface area (Å²) in [5, 5.41) is 13.7. The van der Waals surface area contributed by atoms with Crippen molar-refractivity contribution in [3.8, 4) is 5.75 Å². The Hall–Kier alpha value is -1.92. The van der Waals surface area contributed by atoms with Crippen molar-refractivity contribution in [2.24, 2.45) is 5.10 Å². The molecule has 0 bridgehead atoms. The Kier molecular flexibility index (Phi) is 5.09. The van der Waals surface area contributed by atoms with Gasteiger partial charge < -0.3 is 9.84 Å². The van der Waals surface area contributed by atoms with E-state index in [9.17, 15) is 9.90 Å². The van der Waals surface area contributed by atoms with Gasteiger partial charge in [-0.2, -0.15) is 5.10 Å². The highest BCUT2D eigenvalue weighted by Gasteiger charge is 2.13. The van der Waals surface area contributed by atoms with Gasteiger partial charge in [0.2, 0.25) is 0 Å². The summed E-state index contributed by atoms with van der Waals surface area (Å²) in [4.78, 5) is 13.7. The van der Waals surface area contributed by atoms with Gasteiger partial charge in [0.15, 0.2) is 0 Å². The molecule has 0 atom stereocenters. The fourth-order valence-electron chi connectivity index (χ4n) is 1.96. The van der Waals surface area contributed by atoms with E-state index < -0.39 is 0 Å². The highest BCUT2D eigenvalue weighted by molar-refractivity contribution is 5.85. The SMILES string of the molecule is Cc1cccc(/C=N/NC(=O)CN2CCOCC2)c1O. The maximum atomic E-state index is 11.7. The number of hydrogen-bond donors (Lipinski definition) is 2. The topological polar surface area (TPSA) is 74.2 Å². The van der Waals surface area contributed by atoms with Crippen LogP contribution < -0.4 is 5.43 Å². The molecule has 1 aromatic carbocycles. The van der Waals surface area contributed by atoms with E-state index in [1.165, 1.54) is 6.21 Å². The highest BCUT2D eigenvalue weighted by Crippen LogP contribution is 2.19. The van der Waals surface area contributed by atoms with Gasteiger partial charge in [-0.05, 0) is 18.6 Å². The van der Waals surface area contributed by atoms with Crippen molar-refractivity contribution in [1.82, 2.24) is 10.3 Å². The van der Waals surface area contributed by atoms with Gasteiger partial charge in [-0.15, -0.1) is 0 Å². The summed E-state index contributed by atoms with van der Waals surface area (Å²) in [5.74, 6) is 0.00831. The van der Waals surface area contributed by atoms with E-state index in [0.29, 0.717) is 25.3 Å². The number of morpholine rings is 1. The Morgan fingerprint density at radius 1 is 1.50 bits per heavy atom. The zero-order chi connectivity index (χ0) is 14.4. The summed E-state index contributed by atoms with van der Waals surface area (Å²) < 4.78 is 5.21. The Bertz CT molecular complexity index is 496. The van der Waals surface area contributed by atoms with E-state index >= 15 is 0 Å². The Labute approximate surface area is 118 Å². The Morgan fingerprint density at radius 3 is 3.00 bits per heavy atom. The predicted octanol–water partition coefficient (Wildman–Crippen LogP) is 0.483. The smallest absolute Gasteiger partial charge is 0.254 e. The standard InChI is InChI=1S/C14H19N3O3/c1-11-3-2-4-12(14(11)19)9-15-16-13(18)10-17-5-7-20-8-6-17/h2-4,9,19H,5-8,10H2,1H3,(H,16,18)/b15-9+. The van der Waals surface area contributed by atoms with Crippen LogP contribution in [0.5, 0.6) is 5.75 Å². The van der Waals surface area contributed by atoms with E-state index in [4.69, 9.17) is 4.74 Å². The largest absolute Gasteiger partial charge is 0.507 e. The average molecular weight is 277 g/mol. The molecule has 0 radical (unpaired) electrons. The maximum Gasteiger partial charge on any atom is 0.254 e. The lowest BCUT2D eigenvalue weighted by Crippen LogP contribution is -2.42. The second-order valence-corrected chi connectivity index (χ2v) is 4.69. The number of para-hydroxylation sites is 1. The monoisotopic (exact) mass is 277 g/mol. The first-order chi connectivity index (χ1) is 9.66. The molecule has 2 N–H and O–H groups in total. The van der Waals surface area contributed by atoms with Gasteiger partial charge in [0.25, 0.3) is 5.91 Å². The summed E-state index contributed by atoms with van der Waals surface area (Å²) in [6.07, 6.45) is 1.44. The minimum atomic E-state index is -0.171. The molecule has 1 aliphatic rings. The molecule has 108 valence electrons. The van der Waals surface area contributed by atoms with Crippen molar-refractivity contribution in [3.63, 3.8) is 0 Å². The molecule has 0 spiro atoms. The van der Waals surface area contributed by atoms with Crippen LogP contribution in [0.2, 0.25) is 0 Å². The zero-order valence-electron chi connectivity index (χ0n) is 11.5. The second-order valence-electron chi connectivity index (χ2n) is 4.69. The molecular weight excluding hydrogens is 258 g/mol.